The molecule has 112 valence electrons. The summed E-state index contributed by atoms with van der Waals surface area (Å²) in [7, 11) is 0. The third kappa shape index (κ3) is 3.35. The minimum Gasteiger partial charge on any atom is -0.449 e. The summed E-state index contributed by atoms with van der Waals surface area (Å²) in [6, 6.07) is 8.19. The molecule has 5 heteroatoms. The average Bonchev–Trinajstić information content (AvgIpc) is 2.52. The SMILES string of the molecule is O=C1CC(COC(=O)N2CCc3ccccc3C2)CCN1. The number of ether oxygens (including phenoxy) is 1. The molecule has 2 aliphatic rings. The van der Waals surface area contributed by atoms with Gasteiger partial charge in [0.05, 0.1) is 6.61 Å². The van der Waals surface area contributed by atoms with Crippen molar-refractivity contribution in [2.45, 2.75) is 25.8 Å². The first-order valence-electron chi connectivity index (χ1n) is 7.47. The van der Waals surface area contributed by atoms with Crippen LogP contribution >= 0.6 is 0 Å². The third-order valence-corrected chi connectivity index (χ3v) is 4.18. The van der Waals surface area contributed by atoms with Gasteiger partial charge in [-0.15, -0.1) is 0 Å². The maximum atomic E-state index is 12.1. The van der Waals surface area contributed by atoms with E-state index >= 15 is 0 Å². The number of rotatable bonds is 2. The van der Waals surface area contributed by atoms with E-state index in [2.05, 4.69) is 17.4 Å². The molecule has 0 saturated carbocycles. The Bertz CT molecular complexity index is 544. The molecule has 21 heavy (non-hydrogen) atoms. The molecule has 0 bridgehead atoms. The zero-order valence-corrected chi connectivity index (χ0v) is 12.0. The van der Waals surface area contributed by atoms with Crippen molar-refractivity contribution in [2.24, 2.45) is 5.92 Å². The zero-order chi connectivity index (χ0) is 14.7. The summed E-state index contributed by atoms with van der Waals surface area (Å²) in [5, 5.41) is 2.78. The average molecular weight is 288 g/mol. The highest BCUT2D eigenvalue weighted by Gasteiger charge is 2.24. The number of hydrogen-bond donors (Lipinski definition) is 1. The van der Waals surface area contributed by atoms with Crippen LogP contribution in [0.15, 0.2) is 24.3 Å². The van der Waals surface area contributed by atoms with Gasteiger partial charge in [0.25, 0.3) is 0 Å². The predicted molar refractivity (Wildman–Crippen MR) is 77.6 cm³/mol. The summed E-state index contributed by atoms with van der Waals surface area (Å²) in [5.41, 5.74) is 2.50. The van der Waals surface area contributed by atoms with E-state index in [1.54, 1.807) is 4.90 Å². The third-order valence-electron chi connectivity index (χ3n) is 4.18. The number of amides is 2. The number of fused-ring (bicyclic) bond motifs is 1. The number of piperidine rings is 1. The van der Waals surface area contributed by atoms with Crippen LogP contribution in [0.3, 0.4) is 0 Å². The second-order valence-electron chi connectivity index (χ2n) is 5.73. The van der Waals surface area contributed by atoms with Crippen LogP contribution in [0.2, 0.25) is 0 Å². The Labute approximate surface area is 124 Å². The molecule has 1 fully saturated rings. The molecule has 1 N–H and O–H groups in total. The molecule has 1 unspecified atom stereocenters. The first kappa shape index (κ1) is 13.9. The molecule has 0 spiro atoms. The van der Waals surface area contributed by atoms with Crippen LogP contribution < -0.4 is 5.32 Å². The minimum atomic E-state index is -0.268. The predicted octanol–water partition coefficient (Wildman–Crippen LogP) is 1.71. The van der Waals surface area contributed by atoms with Crippen molar-refractivity contribution in [2.75, 3.05) is 19.7 Å². The van der Waals surface area contributed by atoms with Gasteiger partial charge in [0, 0.05) is 32.0 Å². The van der Waals surface area contributed by atoms with Gasteiger partial charge in [-0.05, 0) is 24.0 Å². The Morgan fingerprint density at radius 2 is 2.14 bits per heavy atom. The number of carbonyl (C=O) groups is 2. The molecule has 1 aromatic carbocycles. The van der Waals surface area contributed by atoms with Gasteiger partial charge in [0.2, 0.25) is 5.91 Å². The summed E-state index contributed by atoms with van der Waals surface area (Å²) >= 11 is 0. The van der Waals surface area contributed by atoms with Gasteiger partial charge in [-0.2, -0.15) is 0 Å². The molecule has 3 rings (SSSR count). The molecule has 2 heterocycles. The van der Waals surface area contributed by atoms with E-state index in [0.717, 1.165) is 12.8 Å². The van der Waals surface area contributed by atoms with Crippen LogP contribution in [0.1, 0.15) is 24.0 Å². The Balaban J connectivity index is 1.51. The van der Waals surface area contributed by atoms with E-state index in [1.807, 2.05) is 12.1 Å². The highest BCUT2D eigenvalue weighted by Crippen LogP contribution is 2.20. The highest BCUT2D eigenvalue weighted by molar-refractivity contribution is 5.77. The van der Waals surface area contributed by atoms with Crippen molar-refractivity contribution < 1.29 is 14.3 Å². The molecular formula is C16H20N2O3. The Hall–Kier alpha value is -2.04. The Morgan fingerprint density at radius 3 is 2.95 bits per heavy atom. The highest BCUT2D eigenvalue weighted by atomic mass is 16.6. The minimum absolute atomic E-state index is 0.0502. The number of hydrogen-bond acceptors (Lipinski definition) is 3. The fourth-order valence-electron chi connectivity index (χ4n) is 2.93. The van der Waals surface area contributed by atoms with Crippen molar-refractivity contribution in [1.82, 2.24) is 10.2 Å². The lowest BCUT2D eigenvalue weighted by atomic mass is 9.99. The number of nitrogens with one attached hydrogen (secondary N) is 1. The number of nitrogens with zero attached hydrogens (tertiary/aromatic N) is 1. The molecule has 1 aromatic rings. The Morgan fingerprint density at radius 1 is 1.33 bits per heavy atom. The lowest BCUT2D eigenvalue weighted by molar-refractivity contribution is -0.124. The fraction of sp³-hybridized carbons (Fsp3) is 0.500. The topological polar surface area (TPSA) is 58.6 Å². The standard InChI is InChI=1S/C16H20N2O3/c19-15-9-12(5-7-17-15)11-21-16(20)18-8-6-13-3-1-2-4-14(13)10-18/h1-4,12H,5-11H2,(H,17,19). The van der Waals surface area contributed by atoms with E-state index < -0.39 is 0 Å². The van der Waals surface area contributed by atoms with Crippen LogP contribution in [0.5, 0.6) is 0 Å². The van der Waals surface area contributed by atoms with Gasteiger partial charge in [-0.1, -0.05) is 24.3 Å². The van der Waals surface area contributed by atoms with E-state index in [0.29, 0.717) is 32.7 Å². The van der Waals surface area contributed by atoms with Gasteiger partial charge in [0.1, 0.15) is 0 Å². The van der Waals surface area contributed by atoms with E-state index in [9.17, 15) is 9.59 Å². The van der Waals surface area contributed by atoms with Crippen LogP contribution in [-0.4, -0.2) is 36.6 Å². The van der Waals surface area contributed by atoms with Gasteiger partial charge in [0.15, 0.2) is 0 Å². The van der Waals surface area contributed by atoms with Crippen LogP contribution in [-0.2, 0) is 22.5 Å². The Kier molecular flexibility index (Phi) is 4.08. The number of benzene rings is 1. The molecule has 2 aliphatic heterocycles. The van der Waals surface area contributed by atoms with E-state index in [1.165, 1.54) is 11.1 Å². The molecule has 1 atom stereocenters. The summed E-state index contributed by atoms with van der Waals surface area (Å²) < 4.78 is 5.39. The van der Waals surface area contributed by atoms with Crippen LogP contribution in [0.25, 0.3) is 0 Å². The fourth-order valence-corrected chi connectivity index (χ4v) is 2.93. The summed E-state index contributed by atoms with van der Waals surface area (Å²) in [6.45, 7) is 2.32. The van der Waals surface area contributed by atoms with Crippen molar-refractivity contribution in [3.05, 3.63) is 35.4 Å². The van der Waals surface area contributed by atoms with Gasteiger partial charge in [-0.3, -0.25) is 4.79 Å². The maximum Gasteiger partial charge on any atom is 0.410 e. The molecule has 0 aromatic heterocycles. The first-order valence-corrected chi connectivity index (χ1v) is 7.47. The molecular weight excluding hydrogens is 268 g/mol. The number of carbonyl (C=O) groups excluding carboxylic acids is 2. The van der Waals surface area contributed by atoms with Crippen molar-refractivity contribution >= 4 is 12.0 Å². The monoisotopic (exact) mass is 288 g/mol. The molecule has 2 amide bonds. The summed E-state index contributed by atoms with van der Waals surface area (Å²) in [5.74, 6) is 0.203. The quantitative estimate of drug-likeness (QED) is 0.901. The van der Waals surface area contributed by atoms with E-state index in [4.69, 9.17) is 4.74 Å². The maximum absolute atomic E-state index is 12.1. The lowest BCUT2D eigenvalue weighted by Gasteiger charge is -2.29. The van der Waals surface area contributed by atoms with Gasteiger partial charge >= 0.3 is 6.09 Å². The van der Waals surface area contributed by atoms with Crippen molar-refractivity contribution in [3.8, 4) is 0 Å². The van der Waals surface area contributed by atoms with Gasteiger partial charge < -0.3 is 15.0 Å². The molecule has 1 saturated heterocycles. The van der Waals surface area contributed by atoms with E-state index in [-0.39, 0.29) is 17.9 Å². The first-order chi connectivity index (χ1) is 10.2. The summed E-state index contributed by atoms with van der Waals surface area (Å²) in [4.78, 5) is 25.2. The second-order valence-corrected chi connectivity index (χ2v) is 5.73. The lowest BCUT2D eigenvalue weighted by Crippen LogP contribution is -2.39. The normalized spacial score (nSPS) is 21.4. The van der Waals surface area contributed by atoms with Gasteiger partial charge in [-0.25, -0.2) is 4.79 Å². The second kappa shape index (κ2) is 6.16. The summed E-state index contributed by atoms with van der Waals surface area (Å²) in [6.07, 6.45) is 1.94. The molecule has 0 aliphatic carbocycles. The van der Waals surface area contributed by atoms with Crippen LogP contribution in [0.4, 0.5) is 4.79 Å². The largest absolute Gasteiger partial charge is 0.449 e. The van der Waals surface area contributed by atoms with Crippen molar-refractivity contribution in [3.63, 3.8) is 0 Å². The van der Waals surface area contributed by atoms with Crippen molar-refractivity contribution in [1.29, 1.82) is 0 Å². The molecule has 0 radical (unpaired) electrons. The molecule has 5 nitrogen and oxygen atoms in total. The zero-order valence-electron chi connectivity index (χ0n) is 12.0. The smallest absolute Gasteiger partial charge is 0.410 e. The van der Waals surface area contributed by atoms with Crippen LogP contribution in [0, 0.1) is 5.92 Å².